The fourth-order valence-electron chi connectivity index (χ4n) is 7.93. The van der Waals surface area contributed by atoms with Gasteiger partial charge < -0.3 is 9.97 Å². The largest absolute Gasteiger partial charge is 0.305 e. The summed E-state index contributed by atoms with van der Waals surface area (Å²) in [7, 11) is -1.34. The second-order valence-electron chi connectivity index (χ2n) is 16.2. The van der Waals surface area contributed by atoms with E-state index in [2.05, 4.69) is 156 Å². The molecular weight excluding hydrogens is 857 g/mol. The van der Waals surface area contributed by atoms with Crippen LogP contribution >= 0.6 is 11.3 Å². The average Bonchev–Trinajstić information content (AvgIpc) is 3.85. The van der Waals surface area contributed by atoms with Crippen molar-refractivity contribution in [3.05, 3.63) is 139 Å². The van der Waals surface area contributed by atoms with Crippen LogP contribution < -0.4 is 5.19 Å². The number of hydrogen-bond donors (Lipinski definition) is 0. The Balaban J connectivity index is 0.000000206. The molecule has 1 radical (unpaired) electrons. The third-order valence-electron chi connectivity index (χ3n) is 11.0. The van der Waals surface area contributed by atoms with Gasteiger partial charge in [0.15, 0.2) is 0 Å². The van der Waals surface area contributed by atoms with E-state index in [1.54, 1.807) is 0 Å². The summed E-state index contributed by atoms with van der Waals surface area (Å²) in [6, 6.07) is 43.3. The molecule has 3 aromatic heterocycles. The number of aromatic nitrogens is 2. The van der Waals surface area contributed by atoms with Crippen LogP contribution in [0.1, 0.15) is 70.4 Å². The molecule has 4 aromatic carbocycles. The van der Waals surface area contributed by atoms with E-state index >= 15 is 0 Å². The molecule has 7 aromatic rings. The number of pyridine rings is 2. The van der Waals surface area contributed by atoms with E-state index in [1.165, 1.54) is 73.3 Å². The summed E-state index contributed by atoms with van der Waals surface area (Å²) >= 11 is 1.87. The smallest absolute Gasteiger partial charge is 0.0799 e. The predicted molar refractivity (Wildman–Crippen MR) is 227 cm³/mol. The standard InChI is InChI=1S/C31H28NS.C17H22NSi.Ir/c1-31(2,22-12-6-7-13-22)23-18-19-32-28(20-23)27-17-9-16-26-25-15-8-14-24(29(25)33-30(26)27)21-10-4-3-5-11-21;1-13(2)15-11-16(14-9-7-6-8-10-14)18-12-17(15)19(3,4)5;/h3-5,8-11,14-16,18-20,22H,6-7,12-13H2,1-2H3;6-9,11-13H,1-5H3;/q2*-1;. The molecular formula is C48H50IrN2SSi-2. The third-order valence-corrected chi connectivity index (χ3v) is 14.3. The van der Waals surface area contributed by atoms with Gasteiger partial charge in [-0.05, 0) is 79.5 Å². The maximum atomic E-state index is 4.83. The van der Waals surface area contributed by atoms with Gasteiger partial charge >= 0.3 is 0 Å². The molecule has 1 aliphatic rings. The molecule has 0 amide bonds. The van der Waals surface area contributed by atoms with E-state index in [0.717, 1.165) is 28.4 Å². The van der Waals surface area contributed by atoms with Gasteiger partial charge in [-0.3, -0.25) is 0 Å². The van der Waals surface area contributed by atoms with Crippen LogP contribution in [0.2, 0.25) is 19.6 Å². The van der Waals surface area contributed by atoms with Crippen molar-refractivity contribution in [3.8, 4) is 33.6 Å². The molecule has 0 N–H and O–H groups in total. The van der Waals surface area contributed by atoms with Crippen LogP contribution in [-0.2, 0) is 25.5 Å². The zero-order valence-corrected chi connectivity index (χ0v) is 36.3. The third kappa shape index (κ3) is 8.20. The number of nitrogens with zero attached hydrogens (tertiary/aromatic N) is 2. The predicted octanol–water partition coefficient (Wildman–Crippen LogP) is 13.3. The molecule has 273 valence electrons. The first-order valence-corrected chi connectivity index (χ1v) is 23.2. The number of fused-ring (bicyclic) bond motifs is 3. The van der Waals surface area contributed by atoms with Gasteiger partial charge in [-0.15, -0.1) is 59.7 Å². The summed E-state index contributed by atoms with van der Waals surface area (Å²) in [5.74, 6) is 1.29. The Morgan fingerprint density at radius 1 is 0.755 bits per heavy atom. The second kappa shape index (κ2) is 16.3. The summed E-state index contributed by atoms with van der Waals surface area (Å²) in [5.41, 5.74) is 9.84. The molecule has 2 nitrogen and oxygen atoms in total. The minimum Gasteiger partial charge on any atom is -0.305 e. The van der Waals surface area contributed by atoms with Crippen molar-refractivity contribution >= 4 is 44.8 Å². The van der Waals surface area contributed by atoms with E-state index in [-0.39, 0.29) is 25.5 Å². The van der Waals surface area contributed by atoms with Crippen molar-refractivity contribution < 1.29 is 20.1 Å². The minimum absolute atomic E-state index is 0. The molecule has 1 saturated carbocycles. The molecule has 3 heterocycles. The Kier molecular flexibility index (Phi) is 12.0. The first-order valence-electron chi connectivity index (χ1n) is 18.9. The van der Waals surface area contributed by atoms with Gasteiger partial charge in [0.05, 0.1) is 8.07 Å². The van der Waals surface area contributed by atoms with Crippen molar-refractivity contribution in [3.63, 3.8) is 0 Å². The Labute approximate surface area is 335 Å². The van der Waals surface area contributed by atoms with Gasteiger partial charge in [0.1, 0.15) is 0 Å². The van der Waals surface area contributed by atoms with Crippen molar-refractivity contribution in [2.75, 3.05) is 0 Å². The molecule has 0 bridgehead atoms. The van der Waals surface area contributed by atoms with Crippen molar-refractivity contribution in [1.82, 2.24) is 9.97 Å². The van der Waals surface area contributed by atoms with Gasteiger partial charge in [-0.2, -0.15) is 11.3 Å². The second-order valence-corrected chi connectivity index (χ2v) is 22.3. The quantitative estimate of drug-likeness (QED) is 0.118. The summed E-state index contributed by atoms with van der Waals surface area (Å²) in [4.78, 5) is 9.49. The Bertz CT molecular complexity index is 2300. The van der Waals surface area contributed by atoms with Crippen LogP contribution in [0, 0.1) is 18.1 Å². The number of rotatable bonds is 7. The van der Waals surface area contributed by atoms with Gasteiger partial charge in [-0.1, -0.05) is 132 Å². The molecule has 0 spiro atoms. The number of hydrogen-bond acceptors (Lipinski definition) is 3. The van der Waals surface area contributed by atoms with Crippen molar-refractivity contribution in [1.29, 1.82) is 0 Å². The van der Waals surface area contributed by atoms with E-state index in [1.807, 2.05) is 35.7 Å². The molecule has 0 aliphatic heterocycles. The van der Waals surface area contributed by atoms with Gasteiger partial charge in [-0.25, -0.2) is 0 Å². The summed E-state index contributed by atoms with van der Waals surface area (Å²) in [5, 5.41) is 4.08. The molecule has 5 heteroatoms. The topological polar surface area (TPSA) is 25.8 Å². The normalized spacial score (nSPS) is 13.6. The molecule has 53 heavy (non-hydrogen) atoms. The fourth-order valence-corrected chi connectivity index (χ4v) is 10.9. The van der Waals surface area contributed by atoms with Crippen LogP contribution in [0.25, 0.3) is 53.8 Å². The molecule has 0 saturated heterocycles. The monoisotopic (exact) mass is 907 g/mol. The Morgan fingerprint density at radius 3 is 2.19 bits per heavy atom. The Hall–Kier alpha value is -3.73. The summed E-state index contributed by atoms with van der Waals surface area (Å²) < 4.78 is 2.61. The van der Waals surface area contributed by atoms with Crippen LogP contribution in [0.4, 0.5) is 0 Å². The molecule has 8 rings (SSSR count). The van der Waals surface area contributed by atoms with Gasteiger partial charge in [0.25, 0.3) is 0 Å². The van der Waals surface area contributed by atoms with Crippen LogP contribution in [0.3, 0.4) is 0 Å². The van der Waals surface area contributed by atoms with Crippen LogP contribution in [0.5, 0.6) is 0 Å². The van der Waals surface area contributed by atoms with Crippen LogP contribution in [-0.4, -0.2) is 18.0 Å². The van der Waals surface area contributed by atoms with E-state index in [9.17, 15) is 0 Å². The zero-order chi connectivity index (χ0) is 36.5. The van der Waals surface area contributed by atoms with E-state index in [4.69, 9.17) is 4.98 Å². The zero-order valence-electron chi connectivity index (χ0n) is 32.1. The van der Waals surface area contributed by atoms with Crippen molar-refractivity contribution in [2.24, 2.45) is 5.92 Å². The molecule has 0 unspecified atom stereocenters. The first kappa shape index (κ1) is 39.0. The molecule has 1 aliphatic carbocycles. The summed E-state index contributed by atoms with van der Waals surface area (Å²) in [6.07, 6.45) is 9.50. The van der Waals surface area contributed by atoms with E-state index < -0.39 is 8.07 Å². The first-order chi connectivity index (χ1) is 25.0. The summed E-state index contributed by atoms with van der Waals surface area (Å²) in [6.45, 7) is 16.5. The maximum Gasteiger partial charge on any atom is 0.0799 e. The van der Waals surface area contributed by atoms with Gasteiger partial charge in [0, 0.05) is 37.2 Å². The molecule has 0 atom stereocenters. The minimum atomic E-state index is -1.34. The number of thiophene rings is 1. The van der Waals surface area contributed by atoms with E-state index in [0.29, 0.717) is 5.92 Å². The van der Waals surface area contributed by atoms with Crippen molar-refractivity contribution in [2.45, 2.75) is 84.4 Å². The SMILES string of the molecule is CC(C)(c1ccnc(-c2[c-]ccc3c2sc2c(-c4ccccc4)cccc23)c1)C1CCCC1.CC(C)c1cc(-c2[c-]cccc2)ncc1[Si](C)(C)C.[Ir]. The number of benzene rings is 4. The molecule has 1 fully saturated rings. The van der Waals surface area contributed by atoms with Crippen LogP contribution in [0.15, 0.2) is 116 Å². The average molecular weight is 907 g/mol. The maximum absolute atomic E-state index is 4.83. The Morgan fingerprint density at radius 2 is 1.49 bits per heavy atom. The fraction of sp³-hybridized carbons (Fsp3) is 0.292. The van der Waals surface area contributed by atoms with Gasteiger partial charge in [0.2, 0.25) is 0 Å².